The smallest absolute Gasteiger partial charge is 0.407 e. The lowest BCUT2D eigenvalue weighted by molar-refractivity contribution is 0.0507. The minimum absolute atomic E-state index is 0.263. The first-order valence-corrected chi connectivity index (χ1v) is 6.27. The quantitative estimate of drug-likeness (QED) is 0.761. The van der Waals surface area contributed by atoms with Crippen LogP contribution < -0.4 is 10.6 Å². The maximum Gasteiger partial charge on any atom is 0.407 e. The lowest BCUT2D eigenvalue weighted by Gasteiger charge is -2.24. The van der Waals surface area contributed by atoms with E-state index >= 15 is 0 Å². The Labute approximate surface area is 108 Å². The topological polar surface area (TPSA) is 50.4 Å². The van der Waals surface area contributed by atoms with Gasteiger partial charge in [0.2, 0.25) is 0 Å². The minimum Gasteiger partial charge on any atom is -0.444 e. The number of halogens is 1. The van der Waals surface area contributed by atoms with E-state index in [2.05, 4.69) is 10.6 Å². The third-order valence-electron chi connectivity index (χ3n) is 2.80. The summed E-state index contributed by atoms with van der Waals surface area (Å²) in [6, 6.07) is 0. The van der Waals surface area contributed by atoms with E-state index in [0.29, 0.717) is 6.54 Å². The third kappa shape index (κ3) is 4.29. The fourth-order valence-electron chi connectivity index (χ4n) is 1.99. The summed E-state index contributed by atoms with van der Waals surface area (Å²) in [5.74, 6) is -0.263. The summed E-state index contributed by atoms with van der Waals surface area (Å²) >= 11 is 0. The monoisotopic (exact) mass is 258 g/mol. The minimum atomic E-state index is -1.39. The van der Waals surface area contributed by atoms with Gasteiger partial charge in [-0.1, -0.05) is 12.2 Å². The van der Waals surface area contributed by atoms with E-state index in [1.54, 1.807) is 39.8 Å². The fourth-order valence-corrected chi connectivity index (χ4v) is 1.99. The summed E-state index contributed by atoms with van der Waals surface area (Å²) in [5.41, 5.74) is -1.92. The maximum absolute atomic E-state index is 14.4. The van der Waals surface area contributed by atoms with Crippen LogP contribution in [0.2, 0.25) is 0 Å². The largest absolute Gasteiger partial charge is 0.444 e. The molecule has 18 heavy (non-hydrogen) atoms. The number of alkyl halides is 1. The second-order valence-corrected chi connectivity index (χ2v) is 5.64. The average molecular weight is 258 g/mol. The van der Waals surface area contributed by atoms with Gasteiger partial charge in [0, 0.05) is 25.6 Å². The molecule has 2 N–H and O–H groups in total. The number of carbonyl (C=O) groups is 1. The number of nitrogens with one attached hydrogen (secondary N) is 2. The summed E-state index contributed by atoms with van der Waals surface area (Å²) in [6.45, 7) is 8.28. The number of rotatable bonds is 3. The van der Waals surface area contributed by atoms with Crippen LogP contribution in [0.3, 0.4) is 0 Å². The summed E-state index contributed by atoms with van der Waals surface area (Å²) in [7, 11) is 0. The van der Waals surface area contributed by atoms with Gasteiger partial charge in [-0.05, 0) is 27.7 Å². The molecule has 1 aliphatic rings. The van der Waals surface area contributed by atoms with Gasteiger partial charge < -0.3 is 15.4 Å². The van der Waals surface area contributed by atoms with Crippen LogP contribution in [0, 0.1) is 5.92 Å². The van der Waals surface area contributed by atoms with Crippen LogP contribution in [-0.2, 0) is 4.74 Å². The first-order chi connectivity index (χ1) is 8.27. The first kappa shape index (κ1) is 15.0. The number of carbonyl (C=O) groups excluding carboxylic acids is 1. The molecule has 0 bridgehead atoms. The molecule has 1 aliphatic heterocycles. The predicted octanol–water partition coefficient (Wildman–Crippen LogP) is 2.01. The summed E-state index contributed by atoms with van der Waals surface area (Å²) in [5, 5.41) is 5.62. The zero-order chi connectivity index (χ0) is 13.8. The number of ether oxygens (including phenoxy) is 1. The van der Waals surface area contributed by atoms with Crippen LogP contribution in [-0.4, -0.2) is 37.0 Å². The predicted molar refractivity (Wildman–Crippen MR) is 69.2 cm³/mol. The Morgan fingerprint density at radius 1 is 1.61 bits per heavy atom. The normalized spacial score (nSPS) is 28.6. The van der Waals surface area contributed by atoms with Gasteiger partial charge in [0.25, 0.3) is 0 Å². The third-order valence-corrected chi connectivity index (χ3v) is 2.80. The molecule has 0 spiro atoms. The number of allylic oxidation sites excluding steroid dienone is 1. The molecule has 104 valence electrons. The summed E-state index contributed by atoms with van der Waals surface area (Å²) in [4.78, 5) is 11.5. The molecule has 0 aromatic carbocycles. The Morgan fingerprint density at radius 3 is 2.83 bits per heavy atom. The van der Waals surface area contributed by atoms with E-state index in [4.69, 9.17) is 4.74 Å². The molecule has 0 saturated carbocycles. The van der Waals surface area contributed by atoms with E-state index in [-0.39, 0.29) is 19.0 Å². The molecule has 2 atom stereocenters. The Hall–Kier alpha value is -1.10. The molecule has 0 radical (unpaired) electrons. The average Bonchev–Trinajstić information content (AvgIpc) is 2.54. The maximum atomic E-state index is 14.4. The molecule has 1 rings (SSSR count). The van der Waals surface area contributed by atoms with Crippen molar-refractivity contribution in [1.82, 2.24) is 10.6 Å². The van der Waals surface area contributed by atoms with Gasteiger partial charge >= 0.3 is 6.09 Å². The number of hydrogen-bond acceptors (Lipinski definition) is 3. The number of amides is 1. The Kier molecular flexibility index (Phi) is 4.73. The highest BCUT2D eigenvalue weighted by Crippen LogP contribution is 2.27. The summed E-state index contributed by atoms with van der Waals surface area (Å²) in [6.07, 6.45) is 2.75. The van der Waals surface area contributed by atoms with E-state index < -0.39 is 17.4 Å². The zero-order valence-electron chi connectivity index (χ0n) is 11.5. The van der Waals surface area contributed by atoms with E-state index in [0.717, 1.165) is 0 Å². The molecule has 5 heteroatoms. The Morgan fingerprint density at radius 2 is 2.28 bits per heavy atom. The zero-order valence-corrected chi connectivity index (χ0v) is 11.5. The number of alkyl carbamates (subject to hydrolysis) is 1. The molecule has 1 saturated heterocycles. The van der Waals surface area contributed by atoms with Crippen LogP contribution in [0.5, 0.6) is 0 Å². The van der Waals surface area contributed by atoms with Crippen molar-refractivity contribution in [3.63, 3.8) is 0 Å². The van der Waals surface area contributed by atoms with Gasteiger partial charge in [0.15, 0.2) is 0 Å². The van der Waals surface area contributed by atoms with E-state index in [9.17, 15) is 9.18 Å². The van der Waals surface area contributed by atoms with E-state index in [1.807, 2.05) is 0 Å². The molecule has 1 amide bonds. The highest BCUT2D eigenvalue weighted by Gasteiger charge is 2.41. The molecule has 1 heterocycles. The molecule has 4 nitrogen and oxygen atoms in total. The lowest BCUT2D eigenvalue weighted by atomic mass is 9.92. The SMILES string of the molecule is C/C=C/C1(F)CNCC1CNC(=O)OC(C)(C)C. The van der Waals surface area contributed by atoms with Crippen molar-refractivity contribution < 1.29 is 13.9 Å². The molecule has 0 aromatic rings. The standard InChI is InChI=1S/C13H23FN2O2/c1-5-6-13(14)9-15-7-10(13)8-16-11(17)18-12(2,3)4/h5-6,10,15H,7-9H2,1-4H3,(H,16,17)/b6-5+. The van der Waals surface area contributed by atoms with Crippen molar-refractivity contribution >= 4 is 6.09 Å². The second kappa shape index (κ2) is 5.69. The van der Waals surface area contributed by atoms with Crippen molar-refractivity contribution in [2.75, 3.05) is 19.6 Å². The van der Waals surface area contributed by atoms with Crippen LogP contribution >= 0.6 is 0 Å². The molecular weight excluding hydrogens is 235 g/mol. The van der Waals surface area contributed by atoms with Crippen molar-refractivity contribution in [2.45, 2.75) is 39.0 Å². The van der Waals surface area contributed by atoms with Gasteiger partial charge in [-0.2, -0.15) is 0 Å². The van der Waals surface area contributed by atoms with Crippen molar-refractivity contribution in [3.8, 4) is 0 Å². The molecule has 0 aromatic heterocycles. The molecule has 0 aliphatic carbocycles. The van der Waals surface area contributed by atoms with Crippen LogP contribution in [0.1, 0.15) is 27.7 Å². The lowest BCUT2D eigenvalue weighted by Crippen LogP contribution is -2.41. The van der Waals surface area contributed by atoms with E-state index in [1.165, 1.54) is 0 Å². The fraction of sp³-hybridized carbons (Fsp3) is 0.769. The Bertz CT molecular complexity index is 325. The first-order valence-electron chi connectivity index (χ1n) is 6.27. The molecule has 1 fully saturated rings. The van der Waals surface area contributed by atoms with Crippen LogP contribution in [0.15, 0.2) is 12.2 Å². The molecule has 2 unspecified atom stereocenters. The van der Waals surface area contributed by atoms with Crippen molar-refractivity contribution in [3.05, 3.63) is 12.2 Å². The highest BCUT2D eigenvalue weighted by molar-refractivity contribution is 5.67. The van der Waals surface area contributed by atoms with Gasteiger partial charge in [-0.3, -0.25) is 0 Å². The second-order valence-electron chi connectivity index (χ2n) is 5.64. The van der Waals surface area contributed by atoms with Crippen LogP contribution in [0.4, 0.5) is 9.18 Å². The molecular formula is C13H23FN2O2. The highest BCUT2D eigenvalue weighted by atomic mass is 19.1. The van der Waals surface area contributed by atoms with Gasteiger partial charge in [0.1, 0.15) is 11.3 Å². The Balaban J connectivity index is 2.46. The van der Waals surface area contributed by atoms with Gasteiger partial charge in [0.05, 0.1) is 0 Å². The van der Waals surface area contributed by atoms with Gasteiger partial charge in [-0.25, -0.2) is 9.18 Å². The van der Waals surface area contributed by atoms with Gasteiger partial charge in [-0.15, -0.1) is 0 Å². The van der Waals surface area contributed by atoms with Crippen molar-refractivity contribution in [2.24, 2.45) is 5.92 Å². The summed E-state index contributed by atoms with van der Waals surface area (Å²) < 4.78 is 19.5. The van der Waals surface area contributed by atoms with Crippen molar-refractivity contribution in [1.29, 1.82) is 0 Å². The number of hydrogen-bond donors (Lipinski definition) is 2. The van der Waals surface area contributed by atoms with Crippen LogP contribution in [0.25, 0.3) is 0 Å².